The summed E-state index contributed by atoms with van der Waals surface area (Å²) in [7, 11) is 4.54. The third kappa shape index (κ3) is 4.36. The summed E-state index contributed by atoms with van der Waals surface area (Å²) < 4.78 is 21.7. The minimum absolute atomic E-state index is 0.0137. The van der Waals surface area contributed by atoms with Crippen molar-refractivity contribution in [1.29, 1.82) is 0 Å². The number of amides is 1. The van der Waals surface area contributed by atoms with Gasteiger partial charge in [0, 0.05) is 10.6 Å². The third-order valence-corrected chi connectivity index (χ3v) is 5.34. The van der Waals surface area contributed by atoms with E-state index in [9.17, 15) is 9.59 Å². The Hall–Kier alpha value is -3.97. The van der Waals surface area contributed by atoms with E-state index in [0.29, 0.717) is 44.4 Å². The molecule has 33 heavy (non-hydrogen) atoms. The fourth-order valence-corrected chi connectivity index (χ4v) is 3.60. The van der Waals surface area contributed by atoms with Gasteiger partial charge in [0.05, 0.1) is 32.3 Å². The first-order valence-corrected chi connectivity index (χ1v) is 10.3. The van der Waals surface area contributed by atoms with E-state index in [-0.39, 0.29) is 16.9 Å². The number of rotatable bonds is 6. The van der Waals surface area contributed by atoms with E-state index in [2.05, 4.69) is 5.32 Å². The molecular formula is C25H20ClNO6. The predicted octanol–water partition coefficient (Wildman–Crippen LogP) is 5.39. The summed E-state index contributed by atoms with van der Waals surface area (Å²) in [6, 6.07) is 16.4. The largest absolute Gasteiger partial charge is 0.497 e. The molecule has 0 spiro atoms. The lowest BCUT2D eigenvalue weighted by Crippen LogP contribution is -2.16. The van der Waals surface area contributed by atoms with Gasteiger partial charge in [0.15, 0.2) is 11.5 Å². The van der Waals surface area contributed by atoms with Crippen molar-refractivity contribution in [1.82, 2.24) is 0 Å². The highest BCUT2D eigenvalue weighted by atomic mass is 35.5. The molecule has 0 fully saturated rings. The van der Waals surface area contributed by atoms with Gasteiger partial charge in [0.2, 0.25) is 11.3 Å². The molecule has 0 aliphatic rings. The maximum absolute atomic E-state index is 13.4. The Labute approximate surface area is 194 Å². The molecule has 168 valence electrons. The lowest BCUT2D eigenvalue weighted by atomic mass is 10.0. The van der Waals surface area contributed by atoms with Crippen molar-refractivity contribution in [3.63, 3.8) is 0 Å². The molecule has 1 heterocycles. The second-order valence-electron chi connectivity index (χ2n) is 7.03. The Kier molecular flexibility index (Phi) is 6.24. The second kappa shape index (κ2) is 9.26. The molecule has 0 saturated heterocycles. The minimum atomic E-state index is -0.484. The predicted molar refractivity (Wildman–Crippen MR) is 127 cm³/mol. The number of carbonyl (C=O) groups is 1. The van der Waals surface area contributed by atoms with Crippen LogP contribution in [0.4, 0.5) is 5.88 Å². The average molecular weight is 466 g/mol. The van der Waals surface area contributed by atoms with Crippen molar-refractivity contribution < 1.29 is 23.4 Å². The highest BCUT2D eigenvalue weighted by Crippen LogP contribution is 2.32. The van der Waals surface area contributed by atoms with Gasteiger partial charge in [-0.3, -0.25) is 14.9 Å². The molecule has 4 rings (SSSR count). The molecule has 4 aromatic rings. The van der Waals surface area contributed by atoms with Crippen LogP contribution in [0.2, 0.25) is 5.02 Å². The first kappa shape index (κ1) is 22.2. The number of anilines is 1. The Morgan fingerprint density at radius 2 is 1.61 bits per heavy atom. The highest BCUT2D eigenvalue weighted by molar-refractivity contribution is 6.31. The van der Waals surface area contributed by atoms with Gasteiger partial charge in [0.1, 0.15) is 11.3 Å². The zero-order valence-corrected chi connectivity index (χ0v) is 18.9. The van der Waals surface area contributed by atoms with E-state index >= 15 is 0 Å². The summed E-state index contributed by atoms with van der Waals surface area (Å²) in [6.07, 6.45) is 0. The Balaban J connectivity index is 1.84. The van der Waals surface area contributed by atoms with Gasteiger partial charge in [-0.15, -0.1) is 0 Å². The van der Waals surface area contributed by atoms with Gasteiger partial charge >= 0.3 is 0 Å². The van der Waals surface area contributed by atoms with E-state index in [1.54, 1.807) is 61.7 Å². The van der Waals surface area contributed by atoms with Crippen LogP contribution < -0.4 is 25.0 Å². The second-order valence-corrected chi connectivity index (χ2v) is 7.46. The van der Waals surface area contributed by atoms with Crippen molar-refractivity contribution in [3.8, 4) is 28.4 Å². The molecule has 7 nitrogen and oxygen atoms in total. The standard InChI is InChI=1S/C25H20ClNO6/c1-30-17-8-4-14(5-9-17)22-23(28)18-13-16(26)7-11-19(18)33-25(22)27-24(29)15-6-10-20(31-2)21(12-15)32-3/h4-13H,1-3H3,(H,27,29). The van der Waals surface area contributed by atoms with E-state index in [1.807, 2.05) is 0 Å². The van der Waals surface area contributed by atoms with E-state index < -0.39 is 5.91 Å². The van der Waals surface area contributed by atoms with Gasteiger partial charge in [-0.1, -0.05) is 23.7 Å². The van der Waals surface area contributed by atoms with Crippen molar-refractivity contribution in [2.24, 2.45) is 0 Å². The molecular weight excluding hydrogens is 446 g/mol. The molecule has 0 bridgehead atoms. The van der Waals surface area contributed by atoms with Crippen LogP contribution in [0.15, 0.2) is 69.9 Å². The van der Waals surface area contributed by atoms with Crippen molar-refractivity contribution >= 4 is 34.4 Å². The van der Waals surface area contributed by atoms with Crippen LogP contribution in [0.3, 0.4) is 0 Å². The number of carbonyl (C=O) groups excluding carboxylic acids is 1. The molecule has 1 N–H and O–H groups in total. The molecule has 0 unspecified atom stereocenters. The normalized spacial score (nSPS) is 10.7. The number of ether oxygens (including phenoxy) is 3. The van der Waals surface area contributed by atoms with Crippen molar-refractivity contribution in [3.05, 3.63) is 81.5 Å². The topological polar surface area (TPSA) is 87.0 Å². The molecule has 1 aromatic heterocycles. The number of halogens is 1. The van der Waals surface area contributed by atoms with Gasteiger partial charge in [-0.25, -0.2) is 0 Å². The smallest absolute Gasteiger partial charge is 0.258 e. The number of hydrogen-bond donors (Lipinski definition) is 1. The van der Waals surface area contributed by atoms with Gasteiger partial charge in [-0.05, 0) is 54.1 Å². The first-order valence-electron chi connectivity index (χ1n) is 9.89. The minimum Gasteiger partial charge on any atom is -0.497 e. The van der Waals surface area contributed by atoms with Gasteiger partial charge in [0.25, 0.3) is 5.91 Å². The van der Waals surface area contributed by atoms with Crippen LogP contribution >= 0.6 is 11.6 Å². The number of methoxy groups -OCH3 is 3. The third-order valence-electron chi connectivity index (χ3n) is 5.10. The molecule has 1 amide bonds. The lowest BCUT2D eigenvalue weighted by molar-refractivity contribution is 0.102. The number of hydrogen-bond acceptors (Lipinski definition) is 6. The van der Waals surface area contributed by atoms with Crippen LogP contribution in [-0.2, 0) is 0 Å². The van der Waals surface area contributed by atoms with Gasteiger partial charge in [-0.2, -0.15) is 0 Å². The van der Waals surface area contributed by atoms with E-state index in [1.165, 1.54) is 20.3 Å². The lowest BCUT2D eigenvalue weighted by Gasteiger charge is -2.13. The number of nitrogens with one attached hydrogen (secondary N) is 1. The first-order chi connectivity index (χ1) is 15.9. The summed E-state index contributed by atoms with van der Waals surface area (Å²) in [5, 5.41) is 3.43. The fraction of sp³-hybridized carbons (Fsp3) is 0.120. The van der Waals surface area contributed by atoms with E-state index in [4.69, 9.17) is 30.2 Å². The summed E-state index contributed by atoms with van der Waals surface area (Å²) in [5.41, 5.74) is 1.01. The average Bonchev–Trinajstić information content (AvgIpc) is 2.84. The SMILES string of the molecule is COc1ccc(-c2c(NC(=O)c3ccc(OC)c(OC)c3)oc3ccc(Cl)cc3c2=O)cc1. The van der Waals surface area contributed by atoms with E-state index in [0.717, 1.165) is 0 Å². The highest BCUT2D eigenvalue weighted by Gasteiger charge is 2.20. The summed E-state index contributed by atoms with van der Waals surface area (Å²) in [4.78, 5) is 26.5. The Morgan fingerprint density at radius 1 is 0.879 bits per heavy atom. The summed E-state index contributed by atoms with van der Waals surface area (Å²) in [6.45, 7) is 0. The zero-order chi connectivity index (χ0) is 23.5. The zero-order valence-electron chi connectivity index (χ0n) is 18.1. The molecule has 3 aromatic carbocycles. The van der Waals surface area contributed by atoms with Crippen LogP contribution in [0.25, 0.3) is 22.1 Å². The van der Waals surface area contributed by atoms with Crippen LogP contribution in [0, 0.1) is 0 Å². The van der Waals surface area contributed by atoms with Crippen molar-refractivity contribution in [2.75, 3.05) is 26.6 Å². The van der Waals surface area contributed by atoms with Gasteiger partial charge < -0.3 is 18.6 Å². The maximum Gasteiger partial charge on any atom is 0.258 e. The molecule has 0 radical (unpaired) electrons. The quantitative estimate of drug-likeness (QED) is 0.410. The monoisotopic (exact) mass is 465 g/mol. The van der Waals surface area contributed by atoms with Crippen LogP contribution in [0.5, 0.6) is 17.2 Å². The molecule has 0 aliphatic heterocycles. The molecule has 0 aliphatic carbocycles. The van der Waals surface area contributed by atoms with Crippen molar-refractivity contribution in [2.45, 2.75) is 0 Å². The summed E-state index contributed by atoms with van der Waals surface area (Å²) >= 11 is 6.10. The Morgan fingerprint density at radius 3 is 2.27 bits per heavy atom. The Bertz CT molecular complexity index is 1390. The molecule has 0 saturated carbocycles. The number of benzene rings is 3. The van der Waals surface area contributed by atoms with Crippen LogP contribution in [-0.4, -0.2) is 27.2 Å². The summed E-state index contributed by atoms with van der Waals surface area (Å²) in [5.74, 6) is 1.04. The maximum atomic E-state index is 13.4. The molecule has 0 atom stereocenters. The number of fused-ring (bicyclic) bond motifs is 1. The fourth-order valence-electron chi connectivity index (χ4n) is 3.43. The molecule has 8 heteroatoms. The van der Waals surface area contributed by atoms with Crippen LogP contribution in [0.1, 0.15) is 10.4 Å².